The van der Waals surface area contributed by atoms with Crippen LogP contribution in [0, 0.1) is 5.82 Å². The van der Waals surface area contributed by atoms with E-state index in [4.69, 9.17) is 0 Å². The molecule has 1 N–H and O–H groups in total. The molecule has 1 aliphatic heterocycles. The smallest absolute Gasteiger partial charge is 0.243 e. The van der Waals surface area contributed by atoms with Gasteiger partial charge in [-0.05, 0) is 12.1 Å². The predicted molar refractivity (Wildman–Crippen MR) is 81.8 cm³/mol. The summed E-state index contributed by atoms with van der Waals surface area (Å²) in [5.74, 6) is -0.989. The molecule has 1 fully saturated rings. The third-order valence-corrected chi connectivity index (χ3v) is 5.28. The van der Waals surface area contributed by atoms with Crippen LogP contribution in [0.2, 0.25) is 0 Å². The van der Waals surface area contributed by atoms with Crippen molar-refractivity contribution >= 4 is 15.9 Å². The van der Waals surface area contributed by atoms with Crippen LogP contribution in [-0.4, -0.2) is 53.9 Å². The molecule has 8 nitrogen and oxygen atoms in total. The van der Waals surface area contributed by atoms with E-state index in [2.05, 4.69) is 15.0 Å². The standard InChI is InChI=1S/C14H16FN5O3S/c15-12-3-1-2-4-13(12)24(22,23)17-6-5-14(21)19-9-11(10-19)20-8-7-16-18-20/h1-4,7-8,11,17H,5-6,9-10H2. The van der Waals surface area contributed by atoms with Crippen LogP contribution < -0.4 is 4.72 Å². The number of aromatic nitrogens is 3. The van der Waals surface area contributed by atoms with Gasteiger partial charge in [0.05, 0.1) is 12.2 Å². The number of rotatable bonds is 6. The van der Waals surface area contributed by atoms with Crippen LogP contribution in [0.1, 0.15) is 12.5 Å². The molecule has 10 heteroatoms. The Morgan fingerprint density at radius 1 is 1.33 bits per heavy atom. The van der Waals surface area contributed by atoms with Crippen molar-refractivity contribution < 1.29 is 17.6 Å². The Morgan fingerprint density at radius 2 is 2.08 bits per heavy atom. The lowest BCUT2D eigenvalue weighted by molar-refractivity contribution is -0.137. The lowest BCUT2D eigenvalue weighted by atomic mass is 10.1. The Morgan fingerprint density at radius 3 is 2.75 bits per heavy atom. The summed E-state index contributed by atoms with van der Waals surface area (Å²) < 4.78 is 41.5. The molecule has 1 amide bonds. The highest BCUT2D eigenvalue weighted by Crippen LogP contribution is 2.20. The van der Waals surface area contributed by atoms with E-state index in [1.54, 1.807) is 22.0 Å². The van der Waals surface area contributed by atoms with Crippen molar-refractivity contribution in [2.24, 2.45) is 0 Å². The largest absolute Gasteiger partial charge is 0.338 e. The molecule has 1 aromatic carbocycles. The fourth-order valence-electron chi connectivity index (χ4n) is 2.43. The van der Waals surface area contributed by atoms with E-state index in [1.165, 1.54) is 18.2 Å². The van der Waals surface area contributed by atoms with Gasteiger partial charge in [-0.15, -0.1) is 5.10 Å². The molecule has 0 aliphatic carbocycles. The summed E-state index contributed by atoms with van der Waals surface area (Å²) >= 11 is 0. The van der Waals surface area contributed by atoms with Crippen LogP contribution in [-0.2, 0) is 14.8 Å². The fourth-order valence-corrected chi connectivity index (χ4v) is 3.54. The van der Waals surface area contributed by atoms with Gasteiger partial charge in [0, 0.05) is 32.3 Å². The van der Waals surface area contributed by atoms with Gasteiger partial charge in [0.15, 0.2) is 0 Å². The minimum atomic E-state index is -3.97. The van der Waals surface area contributed by atoms with Gasteiger partial charge >= 0.3 is 0 Å². The van der Waals surface area contributed by atoms with Gasteiger partial charge in [0.2, 0.25) is 15.9 Å². The first kappa shape index (κ1) is 16.5. The SMILES string of the molecule is O=C(CCNS(=O)(=O)c1ccccc1F)N1CC(n2ccnn2)C1. The summed E-state index contributed by atoms with van der Waals surface area (Å²) in [4.78, 5) is 13.2. The van der Waals surface area contributed by atoms with Crippen LogP contribution in [0.5, 0.6) is 0 Å². The van der Waals surface area contributed by atoms with E-state index in [-0.39, 0.29) is 24.9 Å². The first-order valence-electron chi connectivity index (χ1n) is 7.35. The van der Waals surface area contributed by atoms with Gasteiger partial charge in [-0.2, -0.15) is 0 Å². The van der Waals surface area contributed by atoms with Gasteiger partial charge in [-0.25, -0.2) is 22.2 Å². The zero-order valence-corrected chi connectivity index (χ0v) is 13.5. The van der Waals surface area contributed by atoms with Gasteiger partial charge in [0.1, 0.15) is 10.7 Å². The Bertz CT molecular complexity index is 819. The van der Waals surface area contributed by atoms with Gasteiger partial charge in [-0.1, -0.05) is 17.3 Å². The molecule has 0 bridgehead atoms. The van der Waals surface area contributed by atoms with Crippen molar-refractivity contribution in [3.8, 4) is 0 Å². The number of carbonyl (C=O) groups is 1. The Balaban J connectivity index is 1.47. The number of halogens is 1. The molecule has 24 heavy (non-hydrogen) atoms. The zero-order valence-electron chi connectivity index (χ0n) is 12.7. The summed E-state index contributed by atoms with van der Waals surface area (Å²) in [5.41, 5.74) is 0. The third-order valence-electron chi connectivity index (χ3n) is 3.79. The lowest BCUT2D eigenvalue weighted by Crippen LogP contribution is -2.51. The molecular weight excluding hydrogens is 337 g/mol. The number of benzene rings is 1. The summed E-state index contributed by atoms with van der Waals surface area (Å²) in [6.45, 7) is 0.949. The molecule has 1 aliphatic rings. The molecule has 1 saturated heterocycles. The van der Waals surface area contributed by atoms with E-state index >= 15 is 0 Å². The fraction of sp³-hybridized carbons (Fsp3) is 0.357. The minimum absolute atomic E-state index is 0.0117. The summed E-state index contributed by atoms with van der Waals surface area (Å²) in [6, 6.07) is 5.20. The Hall–Kier alpha value is -2.33. The maximum absolute atomic E-state index is 13.5. The normalized spacial score (nSPS) is 15.3. The second kappa shape index (κ2) is 6.65. The number of nitrogens with zero attached hydrogens (tertiary/aromatic N) is 4. The van der Waals surface area contributed by atoms with Gasteiger partial charge in [-0.3, -0.25) is 4.79 Å². The average Bonchev–Trinajstić information content (AvgIpc) is 2.99. The van der Waals surface area contributed by atoms with Crippen LogP contribution in [0.3, 0.4) is 0 Å². The summed E-state index contributed by atoms with van der Waals surface area (Å²) in [5, 5.41) is 7.58. The van der Waals surface area contributed by atoms with Crippen molar-refractivity contribution in [2.45, 2.75) is 17.4 Å². The average molecular weight is 353 g/mol. The third kappa shape index (κ3) is 3.44. The first-order chi connectivity index (χ1) is 11.5. The lowest BCUT2D eigenvalue weighted by Gasteiger charge is -2.38. The molecule has 0 spiro atoms. The monoisotopic (exact) mass is 353 g/mol. The van der Waals surface area contributed by atoms with E-state index < -0.39 is 20.7 Å². The van der Waals surface area contributed by atoms with Crippen LogP contribution in [0.25, 0.3) is 0 Å². The first-order valence-corrected chi connectivity index (χ1v) is 8.83. The second-order valence-electron chi connectivity index (χ2n) is 5.41. The Kier molecular flexibility index (Phi) is 4.58. The van der Waals surface area contributed by atoms with Crippen molar-refractivity contribution in [1.29, 1.82) is 0 Å². The highest BCUT2D eigenvalue weighted by atomic mass is 32.2. The molecule has 2 aromatic rings. The number of amides is 1. The maximum atomic E-state index is 13.5. The van der Waals surface area contributed by atoms with Crippen molar-refractivity contribution in [1.82, 2.24) is 24.6 Å². The molecule has 0 atom stereocenters. The number of nitrogens with one attached hydrogen (secondary N) is 1. The molecule has 2 heterocycles. The molecule has 0 unspecified atom stereocenters. The van der Waals surface area contributed by atoms with E-state index in [9.17, 15) is 17.6 Å². The van der Waals surface area contributed by atoms with E-state index in [1.807, 2.05) is 0 Å². The quantitative estimate of drug-likeness (QED) is 0.798. The number of carbonyl (C=O) groups excluding carboxylic acids is 1. The second-order valence-corrected chi connectivity index (χ2v) is 7.15. The Labute approximate surface area is 138 Å². The summed E-state index contributed by atoms with van der Waals surface area (Å²) in [6.07, 6.45) is 3.31. The maximum Gasteiger partial charge on any atom is 0.243 e. The number of sulfonamides is 1. The predicted octanol–water partition coefficient (Wildman–Crippen LogP) is 0.169. The van der Waals surface area contributed by atoms with Crippen LogP contribution >= 0.6 is 0 Å². The van der Waals surface area contributed by atoms with Gasteiger partial charge < -0.3 is 4.90 Å². The van der Waals surface area contributed by atoms with Crippen molar-refractivity contribution in [2.75, 3.05) is 19.6 Å². The summed E-state index contributed by atoms with van der Waals surface area (Å²) in [7, 11) is -3.97. The number of likely N-dealkylation sites (tertiary alicyclic amines) is 1. The van der Waals surface area contributed by atoms with Crippen LogP contribution in [0.15, 0.2) is 41.6 Å². The molecule has 0 radical (unpaired) electrons. The highest BCUT2D eigenvalue weighted by Gasteiger charge is 2.32. The molecule has 128 valence electrons. The van der Waals surface area contributed by atoms with Crippen molar-refractivity contribution in [3.63, 3.8) is 0 Å². The number of hydrogen-bond donors (Lipinski definition) is 1. The molecular formula is C14H16FN5O3S. The zero-order chi connectivity index (χ0) is 17.2. The van der Waals surface area contributed by atoms with Crippen molar-refractivity contribution in [3.05, 3.63) is 42.5 Å². The highest BCUT2D eigenvalue weighted by molar-refractivity contribution is 7.89. The van der Waals surface area contributed by atoms with Crippen LogP contribution in [0.4, 0.5) is 4.39 Å². The molecule has 1 aromatic heterocycles. The number of hydrogen-bond acceptors (Lipinski definition) is 5. The topological polar surface area (TPSA) is 97.2 Å². The van der Waals surface area contributed by atoms with Gasteiger partial charge in [0.25, 0.3) is 0 Å². The molecule has 0 saturated carbocycles. The van der Waals surface area contributed by atoms with E-state index in [0.29, 0.717) is 13.1 Å². The molecule has 3 rings (SSSR count). The van der Waals surface area contributed by atoms with E-state index in [0.717, 1.165) is 6.07 Å². The minimum Gasteiger partial charge on any atom is -0.338 e.